The number of hydrogen-bond acceptors (Lipinski definition) is 2. The highest BCUT2D eigenvalue weighted by Crippen LogP contribution is 2.39. The number of rotatable bonds is 4. The van der Waals surface area contributed by atoms with Crippen LogP contribution in [0.2, 0.25) is 0 Å². The lowest BCUT2D eigenvalue weighted by atomic mass is 9.89. The number of nitrogens with zero attached hydrogens (tertiary/aromatic N) is 1. The van der Waals surface area contributed by atoms with Crippen LogP contribution in [0.5, 0.6) is 0 Å². The van der Waals surface area contributed by atoms with Gasteiger partial charge in [-0.1, -0.05) is 48.5 Å². The van der Waals surface area contributed by atoms with E-state index in [2.05, 4.69) is 16.3 Å². The molecule has 0 bridgehead atoms. The molecule has 1 N–H and O–H groups in total. The maximum Gasteiger partial charge on any atom is 0.389 e. The van der Waals surface area contributed by atoms with E-state index in [1.165, 1.54) is 0 Å². The molecular formula is C22H25Cl2F3N2. The van der Waals surface area contributed by atoms with E-state index in [1.54, 1.807) is 0 Å². The molecule has 1 aliphatic heterocycles. The maximum atomic E-state index is 13.1. The van der Waals surface area contributed by atoms with Gasteiger partial charge in [-0.05, 0) is 39.6 Å². The van der Waals surface area contributed by atoms with Crippen molar-refractivity contribution in [3.63, 3.8) is 0 Å². The van der Waals surface area contributed by atoms with Gasteiger partial charge in [0.2, 0.25) is 0 Å². The first-order valence-electron chi connectivity index (χ1n) is 9.45. The molecule has 29 heavy (non-hydrogen) atoms. The quantitative estimate of drug-likeness (QED) is 0.487. The van der Waals surface area contributed by atoms with Gasteiger partial charge in [-0.2, -0.15) is 13.2 Å². The standard InChI is InChI=1S/C22H23F3N2.2ClH/c23-22(24,25)10-9-20(27-13-11-26-12-14-27)21-18-7-3-1-5-16(18)15-17-6-2-4-8-19(17)21;;/h1-8,15,20,26H,9-14H2;2*1H/t20-;;/m0../s1. The molecule has 158 valence electrons. The van der Waals surface area contributed by atoms with Gasteiger partial charge in [0.15, 0.2) is 0 Å². The van der Waals surface area contributed by atoms with Crippen LogP contribution in [0.15, 0.2) is 54.6 Å². The minimum absolute atomic E-state index is 0. The number of fused-ring (bicyclic) bond motifs is 2. The zero-order chi connectivity index (χ0) is 18.9. The van der Waals surface area contributed by atoms with E-state index in [1.807, 2.05) is 48.5 Å². The molecule has 3 aromatic carbocycles. The Morgan fingerprint density at radius 2 is 1.38 bits per heavy atom. The fraction of sp³-hybridized carbons (Fsp3) is 0.364. The summed E-state index contributed by atoms with van der Waals surface area (Å²) in [5.41, 5.74) is 1.04. The molecule has 7 heteroatoms. The lowest BCUT2D eigenvalue weighted by Gasteiger charge is -2.36. The number of halogens is 5. The average Bonchev–Trinajstić information content (AvgIpc) is 2.67. The smallest absolute Gasteiger partial charge is 0.314 e. The van der Waals surface area contributed by atoms with Crippen LogP contribution in [-0.2, 0) is 0 Å². The molecule has 4 rings (SSSR count). The van der Waals surface area contributed by atoms with Gasteiger partial charge in [-0.25, -0.2) is 0 Å². The van der Waals surface area contributed by atoms with Gasteiger partial charge >= 0.3 is 6.18 Å². The van der Waals surface area contributed by atoms with Crippen molar-refractivity contribution >= 4 is 46.4 Å². The number of hydrogen-bond donors (Lipinski definition) is 1. The SMILES string of the molecule is Cl.Cl.FC(F)(F)CC[C@@H](c1c2ccccc2cc2ccccc12)N1CCNCC1. The second-order valence-corrected chi connectivity index (χ2v) is 7.19. The third-order valence-electron chi connectivity index (χ3n) is 5.44. The first kappa shape index (κ1) is 23.7. The highest BCUT2D eigenvalue weighted by Gasteiger charge is 2.32. The highest BCUT2D eigenvalue weighted by molar-refractivity contribution is 6.02. The van der Waals surface area contributed by atoms with Gasteiger partial charge in [0, 0.05) is 38.6 Å². The first-order chi connectivity index (χ1) is 13.0. The van der Waals surface area contributed by atoms with E-state index in [9.17, 15) is 13.2 Å². The summed E-state index contributed by atoms with van der Waals surface area (Å²) in [6, 6.07) is 18.0. The van der Waals surface area contributed by atoms with Crippen molar-refractivity contribution in [2.75, 3.05) is 26.2 Å². The van der Waals surface area contributed by atoms with E-state index in [4.69, 9.17) is 0 Å². The lowest BCUT2D eigenvalue weighted by Crippen LogP contribution is -2.45. The van der Waals surface area contributed by atoms with E-state index < -0.39 is 12.6 Å². The zero-order valence-electron chi connectivity index (χ0n) is 15.9. The van der Waals surface area contributed by atoms with Crippen LogP contribution in [0, 0.1) is 0 Å². The lowest BCUT2D eigenvalue weighted by molar-refractivity contribution is -0.138. The number of benzene rings is 3. The van der Waals surface area contributed by atoms with E-state index in [0.29, 0.717) is 0 Å². The Morgan fingerprint density at radius 1 is 0.862 bits per heavy atom. The molecule has 1 aliphatic rings. The van der Waals surface area contributed by atoms with Crippen LogP contribution < -0.4 is 5.32 Å². The molecule has 2 nitrogen and oxygen atoms in total. The molecule has 1 heterocycles. The molecule has 1 saturated heterocycles. The minimum atomic E-state index is -4.15. The second-order valence-electron chi connectivity index (χ2n) is 7.19. The Kier molecular flexibility index (Phi) is 8.18. The van der Waals surface area contributed by atoms with Gasteiger partial charge in [0.1, 0.15) is 0 Å². The zero-order valence-corrected chi connectivity index (χ0v) is 17.5. The van der Waals surface area contributed by atoms with Crippen LogP contribution in [0.1, 0.15) is 24.4 Å². The van der Waals surface area contributed by atoms with Crippen molar-refractivity contribution in [1.29, 1.82) is 0 Å². The van der Waals surface area contributed by atoms with E-state index in [-0.39, 0.29) is 37.3 Å². The third-order valence-corrected chi connectivity index (χ3v) is 5.44. The van der Waals surface area contributed by atoms with E-state index in [0.717, 1.165) is 53.3 Å². The molecule has 0 aliphatic carbocycles. The Balaban J connectivity index is 0.00000150. The summed E-state index contributed by atoms with van der Waals surface area (Å²) in [5.74, 6) is 0. The Hall–Kier alpha value is -1.53. The molecule has 3 aromatic rings. The minimum Gasteiger partial charge on any atom is -0.314 e. The monoisotopic (exact) mass is 444 g/mol. The fourth-order valence-corrected chi connectivity index (χ4v) is 4.21. The average molecular weight is 445 g/mol. The predicted molar refractivity (Wildman–Crippen MR) is 118 cm³/mol. The van der Waals surface area contributed by atoms with Crippen molar-refractivity contribution in [3.8, 4) is 0 Å². The molecule has 1 atom stereocenters. The first-order valence-corrected chi connectivity index (χ1v) is 9.45. The summed E-state index contributed by atoms with van der Waals surface area (Å²) in [5, 5.41) is 7.58. The summed E-state index contributed by atoms with van der Waals surface area (Å²) in [7, 11) is 0. The van der Waals surface area contributed by atoms with Crippen molar-refractivity contribution in [1.82, 2.24) is 10.2 Å². The Morgan fingerprint density at radius 3 is 1.90 bits per heavy atom. The summed E-state index contributed by atoms with van der Waals surface area (Å²) >= 11 is 0. The van der Waals surface area contributed by atoms with Crippen molar-refractivity contribution in [2.45, 2.75) is 25.1 Å². The third kappa shape index (κ3) is 5.34. The fourth-order valence-electron chi connectivity index (χ4n) is 4.21. The normalized spacial score (nSPS) is 16.2. The van der Waals surface area contributed by atoms with Crippen molar-refractivity contribution in [3.05, 3.63) is 60.2 Å². The van der Waals surface area contributed by atoms with Gasteiger partial charge in [0.05, 0.1) is 0 Å². The Labute approximate surface area is 181 Å². The molecule has 0 spiro atoms. The topological polar surface area (TPSA) is 15.3 Å². The highest BCUT2D eigenvalue weighted by atomic mass is 35.5. The maximum absolute atomic E-state index is 13.1. The predicted octanol–water partition coefficient (Wildman–Crippen LogP) is 6.13. The number of nitrogens with one attached hydrogen (secondary N) is 1. The summed E-state index contributed by atoms with van der Waals surface area (Å²) in [4.78, 5) is 2.22. The van der Waals surface area contributed by atoms with Crippen LogP contribution in [0.25, 0.3) is 21.5 Å². The summed E-state index contributed by atoms with van der Waals surface area (Å²) in [6.45, 7) is 3.15. The largest absolute Gasteiger partial charge is 0.389 e. The van der Waals surface area contributed by atoms with Crippen LogP contribution in [0.4, 0.5) is 13.2 Å². The van der Waals surface area contributed by atoms with Gasteiger partial charge < -0.3 is 5.32 Å². The second kappa shape index (κ2) is 9.98. The molecular weight excluding hydrogens is 420 g/mol. The number of piperazine rings is 1. The molecule has 0 amide bonds. The van der Waals surface area contributed by atoms with Gasteiger partial charge in [-0.3, -0.25) is 4.90 Å². The summed E-state index contributed by atoms with van der Waals surface area (Å²) < 4.78 is 39.3. The molecule has 0 saturated carbocycles. The van der Waals surface area contributed by atoms with Gasteiger partial charge in [-0.15, -0.1) is 24.8 Å². The van der Waals surface area contributed by atoms with Crippen LogP contribution in [-0.4, -0.2) is 37.3 Å². The van der Waals surface area contributed by atoms with Crippen LogP contribution >= 0.6 is 24.8 Å². The van der Waals surface area contributed by atoms with Gasteiger partial charge in [0.25, 0.3) is 0 Å². The summed E-state index contributed by atoms with van der Waals surface area (Å²) in [6.07, 6.45) is -4.83. The number of alkyl halides is 3. The molecule has 0 aromatic heterocycles. The van der Waals surface area contributed by atoms with E-state index >= 15 is 0 Å². The molecule has 0 radical (unpaired) electrons. The van der Waals surface area contributed by atoms with Crippen molar-refractivity contribution in [2.24, 2.45) is 0 Å². The Bertz CT molecular complexity index is 886. The molecule has 1 fully saturated rings. The molecule has 0 unspecified atom stereocenters. The van der Waals surface area contributed by atoms with Crippen LogP contribution in [0.3, 0.4) is 0 Å². The van der Waals surface area contributed by atoms with Crippen molar-refractivity contribution < 1.29 is 13.2 Å².